The van der Waals surface area contributed by atoms with Crippen molar-refractivity contribution in [1.82, 2.24) is 19.9 Å². The SMILES string of the molecule is CCCCOC(=O)C[C@H](O)CC(=O)/C=C/c1c(-c2ccc(F)cc2)nc(N(C)S(C)(=O)=O)nc1C(C)C.CCCCOC(=O)C[C@H](O)C[C@H](O)/C=C/c1c(-c2ccc(F)cc2)nc(N(C)S(C)(=O)=O)nc1C(C)C.[3H]B([3H])[3H].[3H]B([3H])[3H].[3H]B([3H])[3H].[3H]B([3H])[3H].[3H]B([3H])[3H].[3H]B([3H])[3H].[3H]B([3H])[3H].[3H]B([3H])[3H].[3H]B([3H])[3H].[3H]B([3H])[3H].[3H]B([3H])[3H].[3H]B([3H])[3H].[3H]B([3H])[3H].[3H]B([3H])[3H].[3H][B].[B].[B].[B].[B].[B].[B].[B].[B].[B].[B].[B].[B].[B].[B].[B].[B].[B].[B].[B].[B].[B].[B].[B].[B].[B].[B].[B].[B]. The first-order chi connectivity index (χ1) is 59.9. The Hall–Kier alpha value is -3.28. The number of aliphatic hydroxyl groups is 3. The van der Waals surface area contributed by atoms with Gasteiger partial charge in [0.05, 0.1) is 196 Å². The van der Waals surface area contributed by atoms with Gasteiger partial charge in [-0.05, 0) is 143 Å². The summed E-state index contributed by atoms with van der Waals surface area (Å²) in [4.78, 5) is 54.0. The summed E-state index contributed by atoms with van der Waals surface area (Å²) in [5.41, 5.74) is 3.65. The second kappa shape index (κ2) is 133. The zero-order valence-electron chi connectivity index (χ0n) is 111. The Morgan fingerprint density at radius 1 is 0.453 bits per heavy atom. The molecule has 86 radical (unpaired) electrons. The minimum Gasteiger partial charge on any atom is -0.466 e. The molecule has 3 atom stereocenters. The summed E-state index contributed by atoms with van der Waals surface area (Å²) in [5, 5.41) is 30.9. The molecule has 578 valence electrons. The third-order valence-corrected chi connectivity index (χ3v) is 13.3. The maximum absolute atomic E-state index is 13.6. The fourth-order valence-corrected chi connectivity index (χ4v) is 7.51. The van der Waals surface area contributed by atoms with E-state index in [-0.39, 0.29) is 292 Å². The van der Waals surface area contributed by atoms with E-state index in [2.05, 4.69) is 28.3 Å². The van der Waals surface area contributed by atoms with Gasteiger partial charge in [-0.1, -0.05) is 66.5 Å². The van der Waals surface area contributed by atoms with Crippen LogP contribution in [0.1, 0.15) is 127 Å². The van der Waals surface area contributed by atoms with Gasteiger partial charge >= 0.3 is 11.9 Å². The molecule has 2 aromatic carbocycles. The predicted octanol–water partition coefficient (Wildman–Crippen LogP) is -20.4. The summed E-state index contributed by atoms with van der Waals surface area (Å²) in [6.45, 7) is 12.0. The molecule has 0 bridgehead atoms. The van der Waals surface area contributed by atoms with E-state index in [4.69, 9.17) is 66.9 Å². The van der Waals surface area contributed by atoms with Gasteiger partial charge in [0.1, 0.15) is 11.6 Å². The van der Waals surface area contributed by atoms with Gasteiger partial charge in [0, 0.05) is 293 Å². The van der Waals surface area contributed by atoms with E-state index in [0.717, 1.165) is 46.8 Å². The van der Waals surface area contributed by atoms with Crippen molar-refractivity contribution in [1.29, 1.82) is 57.4 Å². The standard InChI is InChI=1S/C26H36FN3O6S.C26H34FN3O6S.14BH3.BH.28B/c2*1-6-7-14-36-23(33)16-21(32)15-20(31)12-13-22-24(17(2)3)28-26(30(4)37(5,34)35)29-25(22)18-8-10-19(27)11-9-18;;;;;;;;;;;;;;;;;;;;;;;;;;;;;;;;;;;;;;;;;;;/h8-13,17,20-21,31-32H,6-7,14-16H2,1-5H3;8-13,17,21,32H,6-7,14-16H2,1-5H3;14*1H3;1H;;;;;;;;;;;;;;;;;;;;;;;;;;;;/b2*13-12+;;;;;;;;;;;;;;;;;;;;;;;;;;;;;;;;;;;;;;;;;;;/t20-,21-;21-;;;;;;;;;;;;;;;;;;;;;;;;;;;;;;;;;;;;;;;;;;;/m11.........................................../s1/i;;14*1T3;1T;;;;;;;;;;;;;;;;;;;;;;;;;;;;. The van der Waals surface area contributed by atoms with E-state index in [9.17, 15) is 55.3 Å². The molecule has 18 nitrogen and oxygen atoms in total. The van der Waals surface area contributed by atoms with Gasteiger partial charge in [0.2, 0.25) is 31.9 Å². The van der Waals surface area contributed by atoms with Crippen molar-refractivity contribution in [2.75, 3.05) is 48.4 Å². The molecular weight excluding hydrogens is 1470 g/mol. The maximum atomic E-state index is 13.6. The minimum atomic E-state index is -3.66. The smallest absolute Gasteiger partial charge is 0.308 e. The van der Waals surface area contributed by atoms with Crippen LogP contribution >= 0.6 is 0 Å². The zero-order valence-corrected chi connectivity index (χ0v) is 70.1. The molecule has 0 aliphatic rings. The second-order valence-electron chi connectivity index (χ2n) is 18.2. The number of anilines is 2. The van der Waals surface area contributed by atoms with Crippen LogP contribution in [0.3, 0.4) is 0 Å². The molecule has 0 aliphatic heterocycles. The number of nitrogens with zero attached hydrogens (tertiary/aromatic N) is 6. The number of unbranched alkanes of at least 4 members (excludes halogenated alkanes) is 2. The lowest BCUT2D eigenvalue weighted by molar-refractivity contribution is -0.147. The van der Waals surface area contributed by atoms with E-state index in [1.807, 2.05) is 41.5 Å². The van der Waals surface area contributed by atoms with Crippen molar-refractivity contribution < 1.29 is 64.8 Å². The zero-order chi connectivity index (χ0) is 108. The highest BCUT2D eigenvalue weighted by Gasteiger charge is 2.25. The number of allylic oxidation sites excluding steroid dienone is 1. The lowest BCUT2D eigenvalue weighted by Gasteiger charge is -2.20. The van der Waals surface area contributed by atoms with Crippen molar-refractivity contribution in [3.8, 4) is 22.5 Å². The molecule has 0 unspecified atom stereocenters. The number of halogens is 2. The quantitative estimate of drug-likeness (QED) is 0.0228. The molecule has 2 heterocycles. The van der Waals surface area contributed by atoms with Gasteiger partial charge in [-0.15, -0.1) is 0 Å². The summed E-state index contributed by atoms with van der Waals surface area (Å²) < 4.78 is 341. The van der Waals surface area contributed by atoms with Gasteiger partial charge in [0.15, 0.2) is 5.78 Å². The number of carbonyl (C=O) groups is 3. The lowest BCUT2D eigenvalue weighted by Crippen LogP contribution is -2.27. The van der Waals surface area contributed by atoms with E-state index in [1.54, 1.807) is 6.08 Å². The number of esters is 2. The highest BCUT2D eigenvalue weighted by Crippen LogP contribution is 2.33. The maximum Gasteiger partial charge on any atom is 0.308 e. The van der Waals surface area contributed by atoms with E-state index < -0.39 is 184 Å². The van der Waals surface area contributed by atoms with Gasteiger partial charge < -0.3 is 24.8 Å². The number of ether oxygens (including phenoxy) is 2. The Balaban J connectivity index is -0.0000000273. The van der Waals surface area contributed by atoms with Crippen LogP contribution < -0.4 is 8.61 Å². The van der Waals surface area contributed by atoms with Crippen LogP contribution in [-0.2, 0) is 43.9 Å². The van der Waals surface area contributed by atoms with E-state index in [1.165, 1.54) is 80.9 Å². The molecule has 3 N–H and O–H groups in total. The third-order valence-electron chi connectivity index (χ3n) is 11.0. The van der Waals surface area contributed by atoms with Crippen molar-refractivity contribution in [2.45, 2.75) is 123 Å². The van der Waals surface area contributed by atoms with Gasteiger partial charge in [-0.25, -0.2) is 54.2 Å². The monoisotopic (exact) mass is 1680 g/mol. The average Bonchev–Trinajstić information content (AvgIpc) is 0.783. The average molecular weight is 1670 g/mol. The molecular formula is C52H113B43F2N6O12S2. The normalized spacial score (nSPS) is 12.0. The first-order valence-electron chi connectivity index (χ1n) is 49.0. The van der Waals surface area contributed by atoms with E-state index >= 15 is 0 Å². The summed E-state index contributed by atoms with van der Waals surface area (Å²) in [6, 6.07) is 11.1. The number of ketones is 1. The van der Waals surface area contributed by atoms with Gasteiger partial charge in [0.25, 0.3) is 0 Å². The van der Waals surface area contributed by atoms with Gasteiger partial charge in [-0.3, -0.25) is 14.4 Å². The van der Waals surface area contributed by atoms with Crippen LogP contribution in [0.25, 0.3) is 34.7 Å². The Kier molecular flexibility index (Phi) is 123. The molecule has 4 rings (SSSR count). The first-order valence-corrected chi connectivity index (χ1v) is 27.8. The van der Waals surface area contributed by atoms with Crippen LogP contribution in [0.2, 0.25) is 0 Å². The fourth-order valence-electron chi connectivity index (χ4n) is 6.75. The molecule has 0 fully saturated rings. The van der Waals surface area contributed by atoms with Crippen molar-refractivity contribution in [3.05, 3.63) is 94.8 Å². The minimum absolute atomic E-state index is 0. The molecule has 4 aromatic rings. The Morgan fingerprint density at radius 2 is 0.701 bits per heavy atom. The topological polar surface area (TPSA) is 257 Å². The van der Waals surface area contributed by atoms with Crippen molar-refractivity contribution in [3.63, 3.8) is 0 Å². The summed E-state index contributed by atoms with van der Waals surface area (Å²) in [6.07, 6.45) is 6.74. The molecule has 2 aromatic heterocycles. The molecule has 0 spiro atoms. The van der Waals surface area contributed by atoms with E-state index in [0.29, 0.717) is 51.6 Å². The number of carbonyl (C=O) groups excluding carboxylic acids is 3. The van der Waals surface area contributed by atoms with Crippen LogP contribution in [-0.4, -0.2) is 546 Å². The number of rotatable bonds is 26. The molecule has 65 heteroatoms. The third kappa shape index (κ3) is 94.8. The highest BCUT2D eigenvalue weighted by atomic mass is 32.2. The summed E-state index contributed by atoms with van der Waals surface area (Å²) in [7, 11) is -20.7. The molecule has 0 saturated carbocycles. The Labute approximate surface area is 849 Å². The van der Waals surface area contributed by atoms with Crippen LogP contribution in [0, 0.1) is 11.6 Å². The van der Waals surface area contributed by atoms with Crippen molar-refractivity contribution >= 4 is 422 Å². The molecule has 0 amide bonds. The number of hydrogen-bond donors (Lipinski definition) is 3. The number of aliphatic hydroxyl groups excluding tert-OH is 3. The Bertz CT molecular complexity index is 3580. The van der Waals surface area contributed by atoms with Gasteiger partial charge in [-0.2, -0.15) is 0 Å². The highest BCUT2D eigenvalue weighted by molar-refractivity contribution is 7.92. The molecule has 0 aliphatic carbocycles. The number of sulfonamides is 2. The number of benzene rings is 2. The van der Waals surface area contributed by atoms with Crippen LogP contribution in [0.5, 0.6) is 0 Å². The summed E-state index contributed by atoms with van der Waals surface area (Å²) >= 11 is 0. The van der Waals surface area contributed by atoms with Crippen LogP contribution in [0.15, 0.2) is 60.7 Å². The van der Waals surface area contributed by atoms with Crippen molar-refractivity contribution in [2.24, 2.45) is 0 Å². The molecule has 0 saturated heterocycles. The largest absolute Gasteiger partial charge is 0.466 e. The Morgan fingerprint density at radius 3 is 0.940 bits per heavy atom. The fraction of sp³-hybridized carbons (Fsp3) is 0.481. The van der Waals surface area contributed by atoms with Crippen LogP contribution in [0.4, 0.5) is 20.7 Å². The lowest BCUT2D eigenvalue weighted by atomic mass is 9.97. The second-order valence-corrected chi connectivity index (χ2v) is 22.2. The number of aromatic nitrogens is 4. The predicted molar refractivity (Wildman–Crippen MR) is 588 cm³/mol. The number of hydrogen-bond acceptors (Lipinski definition) is 16. The summed E-state index contributed by atoms with van der Waals surface area (Å²) in [5.74, 6) is -2.89. The first kappa shape index (κ1) is 108. The molecule has 117 heavy (non-hydrogen) atoms.